The smallest absolute Gasteiger partial charge is 0.0103 e. The van der Waals surface area contributed by atoms with Gasteiger partial charge in [0.05, 0.1) is 0 Å². The van der Waals surface area contributed by atoms with Crippen molar-refractivity contribution in [2.45, 2.75) is 58.3 Å². The summed E-state index contributed by atoms with van der Waals surface area (Å²) in [6.07, 6.45) is 16.2. The van der Waals surface area contributed by atoms with Gasteiger partial charge in [-0.15, -0.1) is 0 Å². The minimum absolute atomic E-state index is 0.819. The van der Waals surface area contributed by atoms with Crippen molar-refractivity contribution in [1.29, 1.82) is 0 Å². The van der Waals surface area contributed by atoms with Crippen LogP contribution in [0.25, 0.3) is 0 Å². The minimum Gasteiger partial charge on any atom is -0.405 e. The molecule has 21 heavy (non-hydrogen) atoms. The Hall–Kier alpha value is -0.460. The van der Waals surface area contributed by atoms with E-state index < -0.39 is 0 Å². The van der Waals surface area contributed by atoms with Crippen LogP contribution in [0.4, 0.5) is 0 Å². The molecule has 0 aliphatic heterocycles. The predicted molar refractivity (Wildman–Crippen MR) is 86.3 cm³/mol. The van der Waals surface area contributed by atoms with E-state index in [0.29, 0.717) is 0 Å². The van der Waals surface area contributed by atoms with Crippen molar-refractivity contribution in [2.24, 2.45) is 58.5 Å². The Balaban J connectivity index is 1.43. The van der Waals surface area contributed by atoms with E-state index in [2.05, 4.69) is 13.0 Å². The van der Waals surface area contributed by atoms with E-state index in [-0.39, 0.29) is 0 Å². The molecule has 0 aromatic rings. The number of nitrogens with two attached hydrogens (primary N) is 1. The van der Waals surface area contributed by atoms with Crippen molar-refractivity contribution < 1.29 is 0 Å². The van der Waals surface area contributed by atoms with Gasteiger partial charge in [-0.05, 0) is 97.5 Å². The molecule has 6 aliphatic carbocycles. The molecule has 0 aromatic carbocycles. The molecule has 7 unspecified atom stereocenters. The molecule has 0 heterocycles. The third-order valence-corrected chi connectivity index (χ3v) is 9.06. The van der Waals surface area contributed by atoms with Crippen LogP contribution >= 0.6 is 0 Å². The predicted octanol–water partition coefficient (Wildman–Crippen LogP) is 4.58. The van der Waals surface area contributed by atoms with Gasteiger partial charge in [-0.3, -0.25) is 0 Å². The summed E-state index contributed by atoms with van der Waals surface area (Å²) in [5.74, 6) is 8.64. The lowest BCUT2D eigenvalue weighted by Crippen LogP contribution is -2.76. The zero-order chi connectivity index (χ0) is 14.2. The van der Waals surface area contributed by atoms with Crippen LogP contribution in [-0.2, 0) is 0 Å². The summed E-state index contributed by atoms with van der Waals surface area (Å²) in [6.45, 7) is 2.62. The molecule has 0 aromatic heterocycles. The molecule has 0 radical (unpaired) electrons. The summed E-state index contributed by atoms with van der Waals surface area (Å²) in [7, 11) is 0. The normalized spacial score (nSPS) is 60.6. The van der Waals surface area contributed by atoms with Crippen LogP contribution < -0.4 is 5.73 Å². The first-order valence-corrected chi connectivity index (χ1v) is 9.62. The topological polar surface area (TPSA) is 26.0 Å². The first kappa shape index (κ1) is 13.0. The standard InChI is InChI=1S/C20H31N/c1-12-14-6-4-13(5-7-14)11-20-17(12)10-18(20)16-9-15(19(16)20)3-2-8-21/h2,8,12-19H,3-7,9-11,21H2,1H3/b8-2+. The van der Waals surface area contributed by atoms with E-state index in [1.807, 2.05) is 0 Å². The fraction of sp³-hybridized carbons (Fsp3) is 0.900. The van der Waals surface area contributed by atoms with Crippen molar-refractivity contribution >= 4 is 0 Å². The van der Waals surface area contributed by atoms with Crippen molar-refractivity contribution in [1.82, 2.24) is 0 Å². The molecule has 1 heteroatoms. The van der Waals surface area contributed by atoms with Gasteiger partial charge in [0.25, 0.3) is 0 Å². The van der Waals surface area contributed by atoms with Crippen LogP contribution in [0.15, 0.2) is 12.3 Å². The van der Waals surface area contributed by atoms with Crippen LogP contribution in [0.1, 0.15) is 58.3 Å². The minimum atomic E-state index is 0.819. The molecule has 1 spiro atoms. The van der Waals surface area contributed by atoms with E-state index in [4.69, 9.17) is 5.73 Å². The van der Waals surface area contributed by atoms with Gasteiger partial charge in [0.1, 0.15) is 0 Å². The molecular weight excluding hydrogens is 254 g/mol. The second-order valence-corrected chi connectivity index (χ2v) is 9.25. The average molecular weight is 285 g/mol. The molecule has 6 rings (SSSR count). The van der Waals surface area contributed by atoms with Crippen molar-refractivity contribution in [2.75, 3.05) is 0 Å². The first-order chi connectivity index (χ1) is 10.3. The fourth-order valence-corrected chi connectivity index (χ4v) is 8.21. The van der Waals surface area contributed by atoms with Gasteiger partial charge in [0.15, 0.2) is 0 Å². The van der Waals surface area contributed by atoms with Gasteiger partial charge in [-0.1, -0.05) is 25.8 Å². The summed E-state index contributed by atoms with van der Waals surface area (Å²) in [4.78, 5) is 0. The van der Waals surface area contributed by atoms with E-state index >= 15 is 0 Å². The number of hydrogen-bond acceptors (Lipinski definition) is 1. The summed E-state index contributed by atoms with van der Waals surface area (Å²) in [5.41, 5.74) is 6.41. The molecule has 2 bridgehead atoms. The van der Waals surface area contributed by atoms with Gasteiger partial charge >= 0.3 is 0 Å². The van der Waals surface area contributed by atoms with E-state index in [9.17, 15) is 0 Å². The maximum atomic E-state index is 5.60. The Morgan fingerprint density at radius 1 is 1.10 bits per heavy atom. The highest BCUT2D eigenvalue weighted by Gasteiger charge is 2.77. The Kier molecular flexibility index (Phi) is 2.66. The Bertz CT molecular complexity index is 460. The summed E-state index contributed by atoms with van der Waals surface area (Å²) in [5, 5.41) is 0. The molecule has 6 fully saturated rings. The molecule has 1 nitrogen and oxygen atoms in total. The Morgan fingerprint density at radius 3 is 2.67 bits per heavy atom. The molecule has 0 amide bonds. The largest absolute Gasteiger partial charge is 0.405 e. The highest BCUT2D eigenvalue weighted by molar-refractivity contribution is 5.25. The SMILES string of the molecule is CC1C2CCC(CC2)CC23C1CC2C1CC(C/C=C/N)C13. The zero-order valence-electron chi connectivity index (χ0n) is 13.5. The van der Waals surface area contributed by atoms with Gasteiger partial charge in [0.2, 0.25) is 0 Å². The Labute approximate surface area is 129 Å². The number of hydrogen-bond donors (Lipinski definition) is 1. The number of fused-ring (bicyclic) bond motifs is 4. The van der Waals surface area contributed by atoms with E-state index in [0.717, 1.165) is 52.8 Å². The number of allylic oxidation sites excluding steroid dienone is 1. The van der Waals surface area contributed by atoms with Crippen LogP contribution in [0, 0.1) is 52.8 Å². The second-order valence-electron chi connectivity index (χ2n) is 9.25. The van der Waals surface area contributed by atoms with Gasteiger partial charge in [-0.2, -0.15) is 0 Å². The fourth-order valence-electron chi connectivity index (χ4n) is 8.21. The molecule has 2 N–H and O–H groups in total. The molecule has 7 atom stereocenters. The van der Waals surface area contributed by atoms with Crippen LogP contribution in [0.2, 0.25) is 0 Å². The second kappa shape index (κ2) is 4.30. The first-order valence-electron chi connectivity index (χ1n) is 9.62. The quantitative estimate of drug-likeness (QED) is 0.789. The molecule has 6 saturated carbocycles. The summed E-state index contributed by atoms with van der Waals surface area (Å²) < 4.78 is 0. The van der Waals surface area contributed by atoms with E-state index in [1.165, 1.54) is 12.8 Å². The highest BCUT2D eigenvalue weighted by Crippen LogP contribution is 2.83. The Morgan fingerprint density at radius 2 is 1.90 bits per heavy atom. The number of rotatable bonds is 2. The van der Waals surface area contributed by atoms with Crippen molar-refractivity contribution in [3.63, 3.8) is 0 Å². The third kappa shape index (κ3) is 1.44. The molecular formula is C20H31N. The zero-order valence-corrected chi connectivity index (χ0v) is 13.5. The lowest BCUT2D eigenvalue weighted by Gasteiger charge is -2.82. The maximum Gasteiger partial charge on any atom is -0.0103 e. The highest BCUT2D eigenvalue weighted by atomic mass is 14.8. The van der Waals surface area contributed by atoms with Crippen molar-refractivity contribution in [3.05, 3.63) is 12.3 Å². The molecule has 6 aliphatic rings. The van der Waals surface area contributed by atoms with Crippen LogP contribution in [0.5, 0.6) is 0 Å². The van der Waals surface area contributed by atoms with Crippen LogP contribution in [-0.4, -0.2) is 0 Å². The summed E-state index contributed by atoms with van der Waals surface area (Å²) in [6, 6.07) is 0. The lowest BCUT2D eigenvalue weighted by atomic mass is 9.22. The lowest BCUT2D eigenvalue weighted by molar-refractivity contribution is -0.342. The van der Waals surface area contributed by atoms with Gasteiger partial charge < -0.3 is 5.73 Å². The summed E-state index contributed by atoms with van der Waals surface area (Å²) >= 11 is 0. The van der Waals surface area contributed by atoms with Gasteiger partial charge in [0, 0.05) is 0 Å². The van der Waals surface area contributed by atoms with Crippen molar-refractivity contribution in [3.8, 4) is 0 Å². The van der Waals surface area contributed by atoms with Gasteiger partial charge in [-0.25, -0.2) is 0 Å². The monoisotopic (exact) mass is 285 g/mol. The molecule has 116 valence electrons. The maximum absolute atomic E-state index is 5.60. The third-order valence-electron chi connectivity index (χ3n) is 9.06. The average Bonchev–Trinajstić information content (AvgIpc) is 2.47. The van der Waals surface area contributed by atoms with Crippen LogP contribution in [0.3, 0.4) is 0 Å². The molecule has 0 saturated heterocycles. The van der Waals surface area contributed by atoms with E-state index in [1.54, 1.807) is 44.7 Å².